The third kappa shape index (κ3) is 8.37. The van der Waals surface area contributed by atoms with Gasteiger partial charge in [0, 0.05) is 23.3 Å². The van der Waals surface area contributed by atoms with E-state index in [-0.39, 0.29) is 18.5 Å². The molecular weight excluding hydrogens is 515 g/mol. The van der Waals surface area contributed by atoms with Crippen molar-refractivity contribution in [2.75, 3.05) is 17.3 Å². The molecular formula is C30H35N2O6P. The molecule has 3 atom stereocenters. The highest BCUT2D eigenvalue weighted by Gasteiger charge is 2.36. The highest BCUT2D eigenvalue weighted by atomic mass is 31.2. The lowest BCUT2D eigenvalue weighted by molar-refractivity contribution is -0.140. The number of aliphatic carboxylic acids is 1. The predicted molar refractivity (Wildman–Crippen MR) is 153 cm³/mol. The number of carbonyl (C=O) groups excluding carboxylic acids is 2. The van der Waals surface area contributed by atoms with Crippen LogP contribution in [-0.4, -0.2) is 46.3 Å². The van der Waals surface area contributed by atoms with Crippen LogP contribution < -0.4 is 10.2 Å². The van der Waals surface area contributed by atoms with Gasteiger partial charge in [-0.25, -0.2) is 4.79 Å². The second-order valence-electron chi connectivity index (χ2n) is 10.0. The number of nitrogens with zero attached hydrogens (tertiary/aromatic N) is 1. The van der Waals surface area contributed by atoms with Gasteiger partial charge >= 0.3 is 5.97 Å². The van der Waals surface area contributed by atoms with Crippen molar-refractivity contribution in [3.05, 3.63) is 90.5 Å². The Morgan fingerprint density at radius 2 is 1.38 bits per heavy atom. The zero-order valence-corrected chi connectivity index (χ0v) is 23.3. The van der Waals surface area contributed by atoms with Crippen LogP contribution in [0.1, 0.15) is 37.6 Å². The van der Waals surface area contributed by atoms with E-state index in [9.17, 15) is 28.9 Å². The molecule has 0 saturated carbocycles. The summed E-state index contributed by atoms with van der Waals surface area (Å²) in [4.78, 5) is 50.2. The average molecular weight is 551 g/mol. The lowest BCUT2D eigenvalue weighted by atomic mass is 9.96. The highest BCUT2D eigenvalue weighted by molar-refractivity contribution is 7.58. The molecule has 0 fully saturated rings. The monoisotopic (exact) mass is 550 g/mol. The Morgan fingerprint density at radius 1 is 0.846 bits per heavy atom. The molecule has 9 heteroatoms. The van der Waals surface area contributed by atoms with Crippen molar-refractivity contribution >= 4 is 30.8 Å². The van der Waals surface area contributed by atoms with Gasteiger partial charge in [-0.1, -0.05) is 74.5 Å². The van der Waals surface area contributed by atoms with E-state index >= 15 is 0 Å². The van der Waals surface area contributed by atoms with E-state index in [2.05, 4.69) is 5.32 Å². The van der Waals surface area contributed by atoms with Crippen molar-refractivity contribution in [3.8, 4) is 11.1 Å². The van der Waals surface area contributed by atoms with Gasteiger partial charge in [-0.3, -0.25) is 19.1 Å². The lowest BCUT2D eigenvalue weighted by Crippen LogP contribution is -2.47. The second-order valence-corrected chi connectivity index (χ2v) is 12.4. The molecule has 39 heavy (non-hydrogen) atoms. The number of hydrogen-bond donors (Lipinski definition) is 3. The number of benzene rings is 3. The fourth-order valence-corrected chi connectivity index (χ4v) is 5.93. The van der Waals surface area contributed by atoms with Gasteiger partial charge in [-0.05, 0) is 54.7 Å². The number of carbonyl (C=O) groups is 3. The highest BCUT2D eigenvalue weighted by Crippen LogP contribution is 2.43. The molecule has 3 rings (SSSR count). The largest absolute Gasteiger partial charge is 0.480 e. The van der Waals surface area contributed by atoms with Crippen LogP contribution in [0.4, 0.5) is 5.69 Å². The maximum atomic E-state index is 13.9. The van der Waals surface area contributed by atoms with Gasteiger partial charge in [0.2, 0.25) is 13.3 Å². The van der Waals surface area contributed by atoms with Gasteiger partial charge in [0.25, 0.3) is 5.91 Å². The minimum atomic E-state index is -3.99. The maximum absolute atomic E-state index is 13.9. The summed E-state index contributed by atoms with van der Waals surface area (Å²) in [6, 6.07) is 23.8. The summed E-state index contributed by atoms with van der Waals surface area (Å²) in [5.41, 5.74) is 2.62. The molecule has 3 N–H and O–H groups in total. The van der Waals surface area contributed by atoms with Gasteiger partial charge in [0.05, 0.1) is 6.29 Å². The Morgan fingerprint density at radius 3 is 1.92 bits per heavy atom. The second kappa shape index (κ2) is 13.4. The minimum absolute atomic E-state index is 0.000278. The molecule has 0 saturated heterocycles. The molecule has 0 aliphatic carbocycles. The molecule has 2 unspecified atom stereocenters. The van der Waals surface area contributed by atoms with E-state index in [1.54, 1.807) is 42.5 Å². The van der Waals surface area contributed by atoms with Crippen molar-refractivity contribution in [2.24, 2.45) is 11.8 Å². The Balaban J connectivity index is 1.84. The molecule has 8 nitrogen and oxygen atoms in total. The molecule has 0 radical (unpaired) electrons. The number of anilines is 1. The van der Waals surface area contributed by atoms with Crippen LogP contribution in [0.25, 0.3) is 11.1 Å². The molecule has 0 aromatic heterocycles. The van der Waals surface area contributed by atoms with Gasteiger partial charge in [-0.15, -0.1) is 0 Å². The first kappa shape index (κ1) is 29.8. The normalized spacial score (nSPS) is 14.2. The summed E-state index contributed by atoms with van der Waals surface area (Å²) < 4.78 is 13.2. The third-order valence-electron chi connectivity index (χ3n) is 6.37. The van der Waals surface area contributed by atoms with Crippen LogP contribution in [0.2, 0.25) is 0 Å². The molecule has 3 aromatic rings. The number of carboxylic acids is 1. The number of amides is 2. The molecule has 0 aliphatic heterocycles. The van der Waals surface area contributed by atoms with E-state index in [4.69, 9.17) is 0 Å². The molecule has 0 heterocycles. The molecule has 0 aliphatic rings. The average Bonchev–Trinajstić information content (AvgIpc) is 2.92. The third-order valence-corrected chi connectivity index (χ3v) is 8.03. The Bertz CT molecular complexity index is 1310. The SMILES string of the molecule is CC(C)CC(CP(=O)(O)CNC(=O)c1ccccc1)C(=O)N(c1ccc(-c2ccccc2)cc1)[C@@H](C)C(=O)O. The topological polar surface area (TPSA) is 124 Å². The Hall–Kier alpha value is -3.74. The van der Waals surface area contributed by atoms with Crippen molar-refractivity contribution in [1.82, 2.24) is 5.32 Å². The van der Waals surface area contributed by atoms with Crippen LogP contribution in [0.3, 0.4) is 0 Å². The van der Waals surface area contributed by atoms with Crippen molar-refractivity contribution in [3.63, 3.8) is 0 Å². The van der Waals surface area contributed by atoms with Crippen molar-refractivity contribution < 1.29 is 28.9 Å². The van der Waals surface area contributed by atoms with E-state index < -0.39 is 43.4 Å². The summed E-state index contributed by atoms with van der Waals surface area (Å²) in [6.45, 7) is 5.19. The number of nitrogens with one attached hydrogen (secondary N) is 1. The Kier molecular flexibility index (Phi) is 10.2. The number of carboxylic acid groups (broad SMARTS) is 1. The van der Waals surface area contributed by atoms with Crippen molar-refractivity contribution in [2.45, 2.75) is 33.2 Å². The van der Waals surface area contributed by atoms with Crippen molar-refractivity contribution in [1.29, 1.82) is 0 Å². The van der Waals surface area contributed by atoms with Crippen LogP contribution in [0.15, 0.2) is 84.9 Å². The Labute approximate surface area is 229 Å². The van der Waals surface area contributed by atoms with Crippen LogP contribution in [0, 0.1) is 11.8 Å². The number of rotatable bonds is 12. The first-order chi connectivity index (χ1) is 18.5. The molecule has 0 bridgehead atoms. The summed E-state index contributed by atoms with van der Waals surface area (Å²) in [7, 11) is -3.99. The number of hydrogen-bond acceptors (Lipinski definition) is 4. The van der Waals surface area contributed by atoms with Crippen LogP contribution in [0.5, 0.6) is 0 Å². The summed E-state index contributed by atoms with van der Waals surface area (Å²) in [6.07, 6.45) is -0.603. The summed E-state index contributed by atoms with van der Waals surface area (Å²) >= 11 is 0. The van der Waals surface area contributed by atoms with Crippen LogP contribution in [-0.2, 0) is 14.2 Å². The smallest absolute Gasteiger partial charge is 0.326 e. The zero-order valence-electron chi connectivity index (χ0n) is 22.4. The van der Waals surface area contributed by atoms with E-state index in [0.29, 0.717) is 11.3 Å². The van der Waals surface area contributed by atoms with Gasteiger partial charge in [0.15, 0.2) is 0 Å². The minimum Gasteiger partial charge on any atom is -0.480 e. The fourth-order valence-electron chi connectivity index (χ4n) is 4.41. The van der Waals surface area contributed by atoms with Gasteiger partial charge in [0.1, 0.15) is 6.04 Å². The zero-order chi connectivity index (χ0) is 28.6. The van der Waals surface area contributed by atoms with Gasteiger partial charge < -0.3 is 15.3 Å². The van der Waals surface area contributed by atoms with E-state index in [1.807, 2.05) is 56.3 Å². The fraction of sp³-hybridized carbons (Fsp3) is 0.300. The first-order valence-electron chi connectivity index (χ1n) is 12.8. The summed E-state index contributed by atoms with van der Waals surface area (Å²) in [5.74, 6) is -3.16. The molecule has 206 valence electrons. The molecule has 0 spiro atoms. The maximum Gasteiger partial charge on any atom is 0.326 e. The quantitative estimate of drug-likeness (QED) is 0.257. The summed E-state index contributed by atoms with van der Waals surface area (Å²) in [5, 5.41) is 12.3. The lowest BCUT2D eigenvalue weighted by Gasteiger charge is -2.32. The van der Waals surface area contributed by atoms with E-state index in [0.717, 1.165) is 11.1 Å². The molecule has 3 aromatic carbocycles. The first-order valence-corrected chi connectivity index (χ1v) is 14.9. The van der Waals surface area contributed by atoms with Crippen LogP contribution >= 0.6 is 7.37 Å². The predicted octanol–water partition coefficient (Wildman–Crippen LogP) is 5.48. The molecule has 2 amide bonds. The van der Waals surface area contributed by atoms with Gasteiger partial charge in [-0.2, -0.15) is 0 Å². The van der Waals surface area contributed by atoms with E-state index in [1.165, 1.54) is 11.8 Å². The standard InChI is InChI=1S/C30H35N2O6P/c1-21(2)18-26(19-39(37,38)20-31-28(33)25-12-8-5-9-13-25)29(34)32(22(3)30(35)36)27-16-14-24(15-17-27)23-10-6-4-7-11-23/h4-17,21-22,26H,18-20H2,1-3H3,(H,31,33)(H,35,36)(H,37,38)/t22-,26?/m0/s1.